The van der Waals surface area contributed by atoms with Crippen LogP contribution in [0.2, 0.25) is 0 Å². The number of nitrogens with one attached hydrogen (secondary N) is 1. The first-order chi connectivity index (χ1) is 9.51. The van der Waals surface area contributed by atoms with Crippen LogP contribution >= 0.6 is 0 Å². The normalized spacial score (nSPS) is 10.1. The molecular formula is C14H12FN3O2. The molecule has 2 aromatic rings. The van der Waals surface area contributed by atoms with E-state index in [-0.39, 0.29) is 11.3 Å². The fraction of sp³-hybridized carbons (Fsp3) is 0.143. The first kappa shape index (κ1) is 13.6. The van der Waals surface area contributed by atoms with Crippen LogP contribution in [0, 0.1) is 17.1 Å². The van der Waals surface area contributed by atoms with Gasteiger partial charge in [0.15, 0.2) is 0 Å². The summed E-state index contributed by atoms with van der Waals surface area (Å²) in [5.41, 5.74) is 1.44. The van der Waals surface area contributed by atoms with Gasteiger partial charge in [-0.15, -0.1) is 0 Å². The summed E-state index contributed by atoms with van der Waals surface area (Å²) in [4.78, 5) is 10.8. The number of anilines is 1. The molecule has 0 aliphatic carbocycles. The number of aryl methyl sites for hydroxylation is 1. The molecule has 0 fully saturated rings. The van der Waals surface area contributed by atoms with Gasteiger partial charge in [0.2, 0.25) is 0 Å². The number of carbonyl (C=O) groups is 1. The molecule has 5 nitrogen and oxygen atoms in total. The number of benzene rings is 1. The molecule has 0 aliphatic rings. The third kappa shape index (κ3) is 2.78. The van der Waals surface area contributed by atoms with E-state index in [2.05, 4.69) is 5.32 Å². The van der Waals surface area contributed by atoms with Gasteiger partial charge < -0.3 is 15.0 Å². The highest BCUT2D eigenvalue weighted by Crippen LogP contribution is 2.18. The highest BCUT2D eigenvalue weighted by molar-refractivity contribution is 5.88. The summed E-state index contributed by atoms with van der Waals surface area (Å²) in [6.45, 7) is 0.301. The van der Waals surface area contributed by atoms with Crippen LogP contribution in [0.3, 0.4) is 0 Å². The van der Waals surface area contributed by atoms with Crippen LogP contribution in [0.15, 0.2) is 30.5 Å². The fourth-order valence-electron chi connectivity index (χ4n) is 1.83. The quantitative estimate of drug-likeness (QED) is 0.896. The van der Waals surface area contributed by atoms with Gasteiger partial charge in [0.05, 0.1) is 11.3 Å². The predicted molar refractivity (Wildman–Crippen MR) is 70.8 cm³/mol. The van der Waals surface area contributed by atoms with Crippen molar-refractivity contribution >= 4 is 11.7 Å². The minimum absolute atomic E-state index is 0.0136. The van der Waals surface area contributed by atoms with E-state index in [9.17, 15) is 9.18 Å². The van der Waals surface area contributed by atoms with Crippen molar-refractivity contribution in [2.24, 2.45) is 7.05 Å². The van der Waals surface area contributed by atoms with Crippen LogP contribution in [0.4, 0.5) is 10.1 Å². The average molecular weight is 273 g/mol. The Balaban J connectivity index is 2.16. The molecule has 0 bridgehead atoms. The molecule has 1 heterocycles. The smallest absolute Gasteiger partial charge is 0.335 e. The molecule has 6 heteroatoms. The van der Waals surface area contributed by atoms with E-state index in [0.717, 1.165) is 11.6 Å². The topological polar surface area (TPSA) is 78.1 Å². The van der Waals surface area contributed by atoms with Crippen molar-refractivity contribution in [1.29, 1.82) is 5.26 Å². The largest absolute Gasteiger partial charge is 0.478 e. The van der Waals surface area contributed by atoms with E-state index >= 15 is 0 Å². The van der Waals surface area contributed by atoms with Crippen LogP contribution in [0.5, 0.6) is 0 Å². The Hall–Kier alpha value is -2.81. The maximum Gasteiger partial charge on any atom is 0.335 e. The Morgan fingerprint density at radius 3 is 2.85 bits per heavy atom. The fourth-order valence-corrected chi connectivity index (χ4v) is 1.83. The van der Waals surface area contributed by atoms with Crippen LogP contribution in [-0.2, 0) is 13.6 Å². The van der Waals surface area contributed by atoms with Crippen LogP contribution in [-0.4, -0.2) is 15.6 Å². The van der Waals surface area contributed by atoms with Gasteiger partial charge in [-0.25, -0.2) is 9.18 Å². The number of rotatable bonds is 4. The third-order valence-corrected chi connectivity index (χ3v) is 2.87. The Morgan fingerprint density at radius 1 is 1.50 bits per heavy atom. The van der Waals surface area contributed by atoms with E-state index in [1.807, 2.05) is 6.07 Å². The van der Waals surface area contributed by atoms with Crippen molar-refractivity contribution in [2.45, 2.75) is 6.54 Å². The second-order valence-corrected chi connectivity index (χ2v) is 4.31. The zero-order chi connectivity index (χ0) is 14.7. The number of nitriles is 1. The van der Waals surface area contributed by atoms with E-state index in [1.165, 1.54) is 12.1 Å². The molecule has 102 valence electrons. The first-order valence-electron chi connectivity index (χ1n) is 5.83. The molecule has 2 rings (SSSR count). The number of halogens is 1. The monoisotopic (exact) mass is 273 g/mol. The van der Waals surface area contributed by atoms with Gasteiger partial charge in [0, 0.05) is 19.8 Å². The van der Waals surface area contributed by atoms with Crippen molar-refractivity contribution in [3.63, 3.8) is 0 Å². The second-order valence-electron chi connectivity index (χ2n) is 4.31. The van der Waals surface area contributed by atoms with Crippen molar-refractivity contribution in [1.82, 2.24) is 4.57 Å². The lowest BCUT2D eigenvalue weighted by atomic mass is 10.2. The molecule has 0 saturated heterocycles. The van der Waals surface area contributed by atoms with Gasteiger partial charge in [-0.2, -0.15) is 5.26 Å². The maximum atomic E-state index is 13.6. The van der Waals surface area contributed by atoms with E-state index in [1.54, 1.807) is 23.9 Å². The van der Waals surface area contributed by atoms with Crippen LogP contribution in [0.1, 0.15) is 21.6 Å². The summed E-state index contributed by atoms with van der Waals surface area (Å²) < 4.78 is 15.2. The lowest BCUT2D eigenvalue weighted by Gasteiger charge is -2.07. The molecule has 1 aromatic heterocycles. The average Bonchev–Trinajstić information content (AvgIpc) is 2.78. The standard InChI is InChI=1S/C14H12FN3O2/c1-18-8-9(4-11(18)6-16)7-17-13-5-10(14(19)20)2-3-12(13)15/h2-5,8,17H,7H2,1H3,(H,19,20). The SMILES string of the molecule is Cn1cc(CNc2cc(C(=O)O)ccc2F)cc1C#N. The summed E-state index contributed by atoms with van der Waals surface area (Å²) in [5.74, 6) is -1.63. The molecule has 0 aliphatic heterocycles. The number of aromatic nitrogens is 1. The predicted octanol–water partition coefficient (Wildman–Crippen LogP) is 2.35. The molecular weight excluding hydrogens is 261 g/mol. The van der Waals surface area contributed by atoms with Crippen molar-refractivity contribution in [2.75, 3.05) is 5.32 Å². The number of aromatic carboxylic acids is 1. The lowest BCUT2D eigenvalue weighted by molar-refractivity contribution is 0.0697. The Morgan fingerprint density at radius 2 is 2.25 bits per heavy atom. The number of hydrogen-bond donors (Lipinski definition) is 2. The molecule has 0 spiro atoms. The summed E-state index contributed by atoms with van der Waals surface area (Å²) in [7, 11) is 1.74. The van der Waals surface area contributed by atoms with Crippen LogP contribution < -0.4 is 5.32 Å². The van der Waals surface area contributed by atoms with Gasteiger partial charge >= 0.3 is 5.97 Å². The lowest BCUT2D eigenvalue weighted by Crippen LogP contribution is -2.03. The van der Waals surface area contributed by atoms with Crippen molar-refractivity contribution in [3.8, 4) is 6.07 Å². The Kier molecular flexibility index (Phi) is 3.71. The maximum absolute atomic E-state index is 13.6. The van der Waals surface area contributed by atoms with Gasteiger partial charge in [-0.1, -0.05) is 0 Å². The highest BCUT2D eigenvalue weighted by Gasteiger charge is 2.09. The summed E-state index contributed by atoms with van der Waals surface area (Å²) in [5, 5.41) is 20.5. The molecule has 0 amide bonds. The highest BCUT2D eigenvalue weighted by atomic mass is 19.1. The first-order valence-corrected chi connectivity index (χ1v) is 5.83. The molecule has 2 N–H and O–H groups in total. The molecule has 0 saturated carbocycles. The summed E-state index contributed by atoms with van der Waals surface area (Å²) >= 11 is 0. The van der Waals surface area contributed by atoms with E-state index in [4.69, 9.17) is 10.4 Å². The number of carboxylic acids is 1. The van der Waals surface area contributed by atoms with Gasteiger partial charge in [0.25, 0.3) is 0 Å². The molecule has 0 unspecified atom stereocenters. The molecule has 0 radical (unpaired) electrons. The number of nitrogens with zero attached hydrogens (tertiary/aromatic N) is 2. The molecule has 1 aromatic carbocycles. The number of carboxylic acid groups (broad SMARTS) is 1. The minimum atomic E-state index is -1.11. The Labute approximate surface area is 114 Å². The van der Waals surface area contributed by atoms with E-state index < -0.39 is 11.8 Å². The summed E-state index contributed by atoms with van der Waals surface area (Å²) in [6.07, 6.45) is 1.75. The van der Waals surface area contributed by atoms with Gasteiger partial charge in [0.1, 0.15) is 17.6 Å². The minimum Gasteiger partial charge on any atom is -0.478 e. The van der Waals surface area contributed by atoms with Gasteiger partial charge in [-0.05, 0) is 29.8 Å². The van der Waals surface area contributed by atoms with Crippen molar-refractivity contribution in [3.05, 3.63) is 53.1 Å². The third-order valence-electron chi connectivity index (χ3n) is 2.87. The Bertz CT molecular complexity index is 701. The number of hydrogen-bond acceptors (Lipinski definition) is 3. The van der Waals surface area contributed by atoms with E-state index in [0.29, 0.717) is 12.2 Å². The summed E-state index contributed by atoms with van der Waals surface area (Å²) in [6, 6.07) is 7.28. The molecule has 20 heavy (non-hydrogen) atoms. The van der Waals surface area contributed by atoms with Crippen LogP contribution in [0.25, 0.3) is 0 Å². The zero-order valence-corrected chi connectivity index (χ0v) is 10.7. The van der Waals surface area contributed by atoms with Gasteiger partial charge in [-0.3, -0.25) is 0 Å². The zero-order valence-electron chi connectivity index (χ0n) is 10.7. The second kappa shape index (κ2) is 5.45. The molecule has 0 atom stereocenters. The van der Waals surface area contributed by atoms with Crippen molar-refractivity contribution < 1.29 is 14.3 Å².